The van der Waals surface area contributed by atoms with Crippen molar-refractivity contribution in [1.29, 1.82) is 0 Å². The second-order valence-electron chi connectivity index (χ2n) is 6.88. The lowest BCUT2D eigenvalue weighted by atomic mass is 10.1. The van der Waals surface area contributed by atoms with E-state index in [0.29, 0.717) is 17.9 Å². The topological polar surface area (TPSA) is 127 Å². The number of sulfonamides is 1. The molecule has 1 aliphatic carbocycles. The minimum absolute atomic E-state index is 0.0246. The fraction of sp³-hybridized carbons (Fsp3) is 0.263. The van der Waals surface area contributed by atoms with E-state index in [-0.39, 0.29) is 11.3 Å². The molecule has 1 aliphatic rings. The van der Waals surface area contributed by atoms with E-state index in [0.717, 1.165) is 5.56 Å². The van der Waals surface area contributed by atoms with Crippen molar-refractivity contribution in [2.75, 3.05) is 0 Å². The molecule has 0 amide bonds. The van der Waals surface area contributed by atoms with E-state index >= 15 is 0 Å². The number of rotatable bonds is 7. The number of carboxylic acid groups (broad SMARTS) is 1. The molecule has 0 bridgehead atoms. The van der Waals surface area contributed by atoms with Crippen LogP contribution in [0.1, 0.15) is 24.8 Å². The van der Waals surface area contributed by atoms with Gasteiger partial charge in [-0.05, 0) is 48.4 Å². The Morgan fingerprint density at radius 2 is 1.90 bits per heavy atom. The van der Waals surface area contributed by atoms with Crippen LogP contribution in [-0.2, 0) is 21.4 Å². The fourth-order valence-corrected chi connectivity index (χ4v) is 4.72. The molecule has 1 saturated carbocycles. The highest BCUT2D eigenvalue weighted by Gasteiger charge is 2.63. The summed E-state index contributed by atoms with van der Waals surface area (Å²) in [5, 5.41) is 21.7. The van der Waals surface area contributed by atoms with Gasteiger partial charge in [-0.3, -0.25) is 4.79 Å². The molecule has 2 N–H and O–H groups in total. The first-order valence-corrected chi connectivity index (χ1v) is 10.5. The highest BCUT2D eigenvalue weighted by atomic mass is 32.2. The fourth-order valence-electron chi connectivity index (χ4n) is 3.32. The number of nitrogens with one attached hydrogen (secondary N) is 1. The van der Waals surface area contributed by atoms with Crippen molar-refractivity contribution in [2.45, 2.75) is 36.2 Å². The minimum atomic E-state index is -4.03. The van der Waals surface area contributed by atoms with Crippen molar-refractivity contribution < 1.29 is 18.3 Å². The molecule has 4 rings (SSSR count). The lowest BCUT2D eigenvalue weighted by molar-refractivity contribution is -0.140. The quantitative estimate of drug-likeness (QED) is 0.603. The van der Waals surface area contributed by atoms with Gasteiger partial charge in [-0.25, -0.2) is 8.42 Å². The lowest BCUT2D eigenvalue weighted by Crippen LogP contribution is -2.44. The van der Waals surface area contributed by atoms with Gasteiger partial charge in [0.15, 0.2) is 0 Å². The lowest BCUT2D eigenvalue weighted by Gasteiger charge is -2.15. The summed E-state index contributed by atoms with van der Waals surface area (Å²) in [4.78, 5) is 13.3. The van der Waals surface area contributed by atoms with Gasteiger partial charge in [-0.15, -0.1) is 10.2 Å². The predicted molar refractivity (Wildman–Crippen MR) is 103 cm³/mol. The number of benzene rings is 2. The van der Waals surface area contributed by atoms with E-state index in [4.69, 9.17) is 0 Å². The van der Waals surface area contributed by atoms with Crippen LogP contribution in [0.4, 0.5) is 0 Å². The zero-order valence-electron chi connectivity index (χ0n) is 15.6. The van der Waals surface area contributed by atoms with Crippen LogP contribution in [0.2, 0.25) is 0 Å². The van der Waals surface area contributed by atoms with Gasteiger partial charge in [-0.1, -0.05) is 30.3 Å². The average Bonchev–Trinajstić information content (AvgIpc) is 3.24. The molecule has 0 spiro atoms. The van der Waals surface area contributed by atoms with Gasteiger partial charge in [0.25, 0.3) is 0 Å². The summed E-state index contributed by atoms with van der Waals surface area (Å²) in [6.07, 6.45) is 0.202. The van der Waals surface area contributed by atoms with Gasteiger partial charge in [0, 0.05) is 11.5 Å². The Hall–Kier alpha value is -3.11. The van der Waals surface area contributed by atoms with Crippen molar-refractivity contribution in [1.82, 2.24) is 24.9 Å². The number of tetrazole rings is 1. The first kappa shape index (κ1) is 19.2. The van der Waals surface area contributed by atoms with Crippen molar-refractivity contribution >= 4 is 16.0 Å². The maximum absolute atomic E-state index is 12.8. The molecule has 150 valence electrons. The van der Waals surface area contributed by atoms with Crippen LogP contribution in [0.15, 0.2) is 59.5 Å². The number of nitrogens with zero attached hydrogens (tertiary/aromatic N) is 4. The first-order valence-electron chi connectivity index (χ1n) is 9.06. The summed E-state index contributed by atoms with van der Waals surface area (Å²) in [7, 11) is -4.03. The van der Waals surface area contributed by atoms with Crippen molar-refractivity contribution in [2.24, 2.45) is 0 Å². The van der Waals surface area contributed by atoms with Crippen molar-refractivity contribution in [3.63, 3.8) is 0 Å². The van der Waals surface area contributed by atoms with E-state index in [9.17, 15) is 18.3 Å². The number of carbonyl (C=O) groups is 1. The van der Waals surface area contributed by atoms with E-state index < -0.39 is 27.4 Å². The average molecular weight is 413 g/mol. The van der Waals surface area contributed by atoms with Gasteiger partial charge in [0.05, 0.1) is 11.4 Å². The Bertz CT molecular complexity index is 1140. The molecular formula is C19H19N5O4S. The SMILES string of the molecule is CCn1nnc(-c2ccc(S(=O)(=O)NC3(C(=O)O)CC3c3ccccc3)cc2)n1. The minimum Gasteiger partial charge on any atom is -0.480 e. The number of hydrogen-bond donors (Lipinski definition) is 2. The summed E-state index contributed by atoms with van der Waals surface area (Å²) in [6.45, 7) is 2.45. The standard InChI is InChI=1S/C19H19N5O4S/c1-2-24-21-17(20-23-24)14-8-10-15(11-9-14)29(27,28)22-19(18(25)26)12-16(19)13-6-4-3-5-7-13/h3-11,16,22H,2,12H2,1H3,(H,25,26). The molecule has 29 heavy (non-hydrogen) atoms. The van der Waals surface area contributed by atoms with Crippen LogP contribution in [0.3, 0.4) is 0 Å². The second-order valence-corrected chi connectivity index (χ2v) is 8.56. The monoisotopic (exact) mass is 413 g/mol. The van der Waals surface area contributed by atoms with E-state index in [1.165, 1.54) is 16.9 Å². The third-order valence-corrected chi connectivity index (χ3v) is 6.55. The van der Waals surface area contributed by atoms with Gasteiger partial charge < -0.3 is 5.11 Å². The molecular weight excluding hydrogens is 394 g/mol. The molecule has 1 fully saturated rings. The molecule has 0 radical (unpaired) electrons. The Morgan fingerprint density at radius 3 is 2.48 bits per heavy atom. The van der Waals surface area contributed by atoms with Crippen LogP contribution in [0.25, 0.3) is 11.4 Å². The molecule has 10 heteroatoms. The van der Waals surface area contributed by atoms with Crippen LogP contribution >= 0.6 is 0 Å². The normalized spacial score (nSPS) is 21.1. The Kier molecular flexibility index (Phi) is 4.67. The number of aryl methyl sites for hydroxylation is 1. The van der Waals surface area contributed by atoms with E-state index in [2.05, 4.69) is 20.1 Å². The van der Waals surface area contributed by atoms with Crippen LogP contribution in [0.5, 0.6) is 0 Å². The molecule has 1 heterocycles. The molecule has 2 unspecified atom stereocenters. The van der Waals surface area contributed by atoms with Gasteiger partial charge in [0.1, 0.15) is 5.54 Å². The Balaban J connectivity index is 1.57. The predicted octanol–water partition coefficient (Wildman–Crippen LogP) is 1.65. The molecule has 3 aromatic rings. The van der Waals surface area contributed by atoms with Gasteiger partial charge in [0.2, 0.25) is 15.8 Å². The summed E-state index contributed by atoms with van der Waals surface area (Å²) < 4.78 is 28.1. The van der Waals surface area contributed by atoms with Crippen LogP contribution < -0.4 is 4.72 Å². The maximum atomic E-state index is 12.8. The third-order valence-electron chi connectivity index (χ3n) is 5.02. The molecule has 0 aliphatic heterocycles. The summed E-state index contributed by atoms with van der Waals surface area (Å²) in [6, 6.07) is 15.0. The van der Waals surface area contributed by atoms with Gasteiger partial charge >= 0.3 is 5.97 Å². The Labute approximate surface area is 167 Å². The molecule has 1 aromatic heterocycles. The summed E-state index contributed by atoms with van der Waals surface area (Å²) in [5.74, 6) is -1.22. The van der Waals surface area contributed by atoms with Crippen molar-refractivity contribution in [3.8, 4) is 11.4 Å². The van der Waals surface area contributed by atoms with Crippen LogP contribution in [-0.4, -0.2) is 45.2 Å². The maximum Gasteiger partial charge on any atom is 0.325 e. The number of carboxylic acids is 1. The van der Waals surface area contributed by atoms with Crippen molar-refractivity contribution in [3.05, 3.63) is 60.2 Å². The van der Waals surface area contributed by atoms with E-state index in [1.807, 2.05) is 13.0 Å². The highest BCUT2D eigenvalue weighted by Crippen LogP contribution is 2.52. The summed E-state index contributed by atoms with van der Waals surface area (Å²) >= 11 is 0. The third kappa shape index (κ3) is 3.52. The molecule has 2 aromatic carbocycles. The molecule has 9 nitrogen and oxygen atoms in total. The molecule has 2 atom stereocenters. The number of aromatic nitrogens is 4. The van der Waals surface area contributed by atoms with E-state index in [1.54, 1.807) is 36.4 Å². The zero-order chi connectivity index (χ0) is 20.6. The zero-order valence-corrected chi connectivity index (χ0v) is 16.4. The second kappa shape index (κ2) is 7.05. The summed E-state index contributed by atoms with van der Waals surface area (Å²) in [5.41, 5.74) is -0.132. The smallest absolute Gasteiger partial charge is 0.325 e. The highest BCUT2D eigenvalue weighted by molar-refractivity contribution is 7.89. The number of hydrogen-bond acceptors (Lipinski definition) is 6. The largest absolute Gasteiger partial charge is 0.480 e. The van der Waals surface area contributed by atoms with Gasteiger partial charge in [-0.2, -0.15) is 9.52 Å². The molecule has 0 saturated heterocycles. The first-order chi connectivity index (χ1) is 13.9. The number of aliphatic carboxylic acids is 1. The van der Waals surface area contributed by atoms with Crippen LogP contribution in [0, 0.1) is 0 Å². The Morgan fingerprint density at radius 1 is 1.21 bits per heavy atom.